The molecular weight excluding hydrogens is 272 g/mol. The predicted octanol–water partition coefficient (Wildman–Crippen LogP) is 3.94. The second kappa shape index (κ2) is 7.78. The van der Waals surface area contributed by atoms with Gasteiger partial charge in [-0.2, -0.15) is 4.98 Å². The van der Waals surface area contributed by atoms with E-state index in [-0.39, 0.29) is 0 Å². The van der Waals surface area contributed by atoms with E-state index in [1.165, 1.54) is 17.5 Å². The van der Waals surface area contributed by atoms with Crippen LogP contribution in [0.3, 0.4) is 0 Å². The molecule has 1 heterocycles. The highest BCUT2D eigenvalue weighted by molar-refractivity contribution is 5.43. The van der Waals surface area contributed by atoms with Crippen LogP contribution in [0.15, 0.2) is 30.3 Å². The maximum Gasteiger partial charge on any atom is 0.227 e. The van der Waals surface area contributed by atoms with Gasteiger partial charge in [0.2, 0.25) is 5.95 Å². The van der Waals surface area contributed by atoms with Gasteiger partial charge in [0, 0.05) is 31.9 Å². The fourth-order valence-electron chi connectivity index (χ4n) is 2.21. The first-order valence-corrected chi connectivity index (χ1v) is 7.94. The number of nitrogens with one attached hydrogen (secondary N) is 1. The molecule has 4 heteroatoms. The number of hydrogen-bond donors (Lipinski definition) is 1. The molecule has 0 bridgehead atoms. The van der Waals surface area contributed by atoms with Gasteiger partial charge >= 0.3 is 0 Å². The zero-order chi connectivity index (χ0) is 15.9. The van der Waals surface area contributed by atoms with Crippen molar-refractivity contribution in [1.82, 2.24) is 9.97 Å². The molecular formula is C18H26N4. The summed E-state index contributed by atoms with van der Waals surface area (Å²) in [6.45, 7) is 8.06. The number of hydrogen-bond acceptors (Lipinski definition) is 4. The molecule has 1 aromatic carbocycles. The maximum absolute atomic E-state index is 4.62. The summed E-state index contributed by atoms with van der Waals surface area (Å²) in [5.41, 5.74) is 3.52. The quantitative estimate of drug-likeness (QED) is 0.840. The Bertz CT molecular complexity index is 593. The van der Waals surface area contributed by atoms with E-state index in [1.54, 1.807) is 0 Å². The summed E-state index contributed by atoms with van der Waals surface area (Å²) in [5.74, 6) is 1.67. The van der Waals surface area contributed by atoms with Crippen molar-refractivity contribution in [3.63, 3.8) is 0 Å². The third kappa shape index (κ3) is 4.72. The molecule has 118 valence electrons. The van der Waals surface area contributed by atoms with Crippen molar-refractivity contribution in [2.75, 3.05) is 23.8 Å². The van der Waals surface area contributed by atoms with Crippen LogP contribution in [0.2, 0.25) is 0 Å². The molecule has 0 aliphatic carbocycles. The van der Waals surface area contributed by atoms with Gasteiger partial charge in [-0.15, -0.1) is 0 Å². The van der Waals surface area contributed by atoms with Crippen LogP contribution >= 0.6 is 0 Å². The lowest BCUT2D eigenvalue weighted by molar-refractivity contribution is 0.748. The maximum atomic E-state index is 4.62. The average Bonchev–Trinajstić information content (AvgIpc) is 2.51. The van der Waals surface area contributed by atoms with Crippen molar-refractivity contribution in [3.05, 3.63) is 47.2 Å². The highest BCUT2D eigenvalue weighted by Gasteiger charge is 2.07. The first-order chi connectivity index (χ1) is 10.6. The Morgan fingerprint density at radius 1 is 1.09 bits per heavy atom. The molecule has 0 atom stereocenters. The van der Waals surface area contributed by atoms with Crippen molar-refractivity contribution in [3.8, 4) is 0 Å². The van der Waals surface area contributed by atoms with Gasteiger partial charge in [-0.25, -0.2) is 4.98 Å². The van der Waals surface area contributed by atoms with Crippen LogP contribution in [-0.2, 0) is 6.54 Å². The van der Waals surface area contributed by atoms with Gasteiger partial charge in [0.15, 0.2) is 0 Å². The standard InChI is InChI=1S/C18H26N4/c1-5-6-11-22(4)18-20-15(3)12-17(21-18)19-13-16-9-7-14(2)8-10-16/h7-10,12H,5-6,11,13H2,1-4H3,(H,19,20,21). The average molecular weight is 298 g/mol. The Morgan fingerprint density at radius 2 is 1.82 bits per heavy atom. The molecule has 0 amide bonds. The molecule has 0 radical (unpaired) electrons. The molecule has 2 rings (SSSR count). The summed E-state index contributed by atoms with van der Waals surface area (Å²) in [6.07, 6.45) is 2.33. The van der Waals surface area contributed by atoms with E-state index in [0.717, 1.165) is 37.0 Å². The number of rotatable bonds is 7. The molecule has 0 fully saturated rings. The summed E-state index contributed by atoms with van der Waals surface area (Å²) >= 11 is 0. The number of nitrogens with zero attached hydrogens (tertiary/aromatic N) is 3. The Kier molecular flexibility index (Phi) is 5.75. The minimum absolute atomic E-state index is 0.773. The molecule has 1 aromatic heterocycles. The van der Waals surface area contributed by atoms with Crippen LogP contribution in [0.5, 0.6) is 0 Å². The van der Waals surface area contributed by atoms with Crippen LogP contribution in [0.4, 0.5) is 11.8 Å². The molecule has 1 N–H and O–H groups in total. The van der Waals surface area contributed by atoms with Crippen molar-refractivity contribution in [2.24, 2.45) is 0 Å². The lowest BCUT2D eigenvalue weighted by Crippen LogP contribution is -2.21. The van der Waals surface area contributed by atoms with Crippen molar-refractivity contribution in [1.29, 1.82) is 0 Å². The second-order valence-corrected chi connectivity index (χ2v) is 5.81. The van der Waals surface area contributed by atoms with Crippen molar-refractivity contribution >= 4 is 11.8 Å². The lowest BCUT2D eigenvalue weighted by Gasteiger charge is -2.18. The molecule has 22 heavy (non-hydrogen) atoms. The highest BCUT2D eigenvalue weighted by atomic mass is 15.2. The van der Waals surface area contributed by atoms with E-state index >= 15 is 0 Å². The summed E-state index contributed by atoms with van der Waals surface area (Å²) in [4.78, 5) is 11.3. The minimum atomic E-state index is 0.773. The van der Waals surface area contributed by atoms with Crippen molar-refractivity contribution in [2.45, 2.75) is 40.2 Å². The molecule has 4 nitrogen and oxygen atoms in total. The Balaban J connectivity index is 2.04. The fraction of sp³-hybridized carbons (Fsp3) is 0.444. The lowest BCUT2D eigenvalue weighted by atomic mass is 10.1. The largest absolute Gasteiger partial charge is 0.366 e. The van der Waals surface area contributed by atoms with E-state index in [9.17, 15) is 0 Å². The zero-order valence-electron chi connectivity index (χ0n) is 14.1. The van der Waals surface area contributed by atoms with Crippen molar-refractivity contribution < 1.29 is 0 Å². The summed E-state index contributed by atoms with van der Waals surface area (Å²) in [7, 11) is 2.05. The number of aromatic nitrogens is 2. The first-order valence-electron chi connectivity index (χ1n) is 7.94. The molecule has 0 unspecified atom stereocenters. The van der Waals surface area contributed by atoms with Gasteiger partial charge in [0.05, 0.1) is 0 Å². The van der Waals surface area contributed by atoms with E-state index in [2.05, 4.69) is 58.3 Å². The molecule has 0 saturated heterocycles. The first kappa shape index (κ1) is 16.3. The van der Waals surface area contributed by atoms with E-state index in [0.29, 0.717) is 0 Å². The number of anilines is 2. The summed E-state index contributed by atoms with van der Waals surface area (Å²) < 4.78 is 0. The van der Waals surface area contributed by atoms with Crippen LogP contribution in [-0.4, -0.2) is 23.6 Å². The van der Waals surface area contributed by atoms with Gasteiger partial charge in [-0.3, -0.25) is 0 Å². The minimum Gasteiger partial charge on any atom is -0.366 e. The molecule has 0 aliphatic rings. The Hall–Kier alpha value is -2.10. The Labute approximate surface area is 133 Å². The smallest absolute Gasteiger partial charge is 0.227 e. The monoisotopic (exact) mass is 298 g/mol. The fourth-order valence-corrected chi connectivity index (χ4v) is 2.21. The summed E-state index contributed by atoms with van der Waals surface area (Å²) in [6, 6.07) is 10.5. The second-order valence-electron chi connectivity index (χ2n) is 5.81. The third-order valence-corrected chi connectivity index (χ3v) is 3.63. The van der Waals surface area contributed by atoms with Gasteiger partial charge in [0.1, 0.15) is 5.82 Å². The van der Waals surface area contributed by atoms with Crippen LogP contribution in [0.1, 0.15) is 36.6 Å². The van der Waals surface area contributed by atoms with Crippen LogP contribution in [0.25, 0.3) is 0 Å². The summed E-state index contributed by atoms with van der Waals surface area (Å²) in [5, 5.41) is 3.39. The molecule has 0 spiro atoms. The number of unbranched alkanes of at least 4 members (excludes halogenated alkanes) is 1. The van der Waals surface area contributed by atoms with Gasteiger partial charge < -0.3 is 10.2 Å². The molecule has 0 aliphatic heterocycles. The predicted molar refractivity (Wildman–Crippen MR) is 93.5 cm³/mol. The Morgan fingerprint density at radius 3 is 2.50 bits per heavy atom. The normalized spacial score (nSPS) is 10.5. The highest BCUT2D eigenvalue weighted by Crippen LogP contribution is 2.14. The molecule has 0 saturated carbocycles. The van der Waals surface area contributed by atoms with Crippen LogP contribution in [0, 0.1) is 13.8 Å². The van der Waals surface area contributed by atoms with Gasteiger partial charge in [-0.1, -0.05) is 43.2 Å². The topological polar surface area (TPSA) is 41.1 Å². The number of benzene rings is 1. The SMILES string of the molecule is CCCCN(C)c1nc(C)cc(NCc2ccc(C)cc2)n1. The van der Waals surface area contributed by atoms with Gasteiger partial charge in [-0.05, 0) is 25.8 Å². The van der Waals surface area contributed by atoms with E-state index in [1.807, 2.05) is 20.0 Å². The number of aryl methyl sites for hydroxylation is 2. The van der Waals surface area contributed by atoms with E-state index in [4.69, 9.17) is 0 Å². The van der Waals surface area contributed by atoms with Gasteiger partial charge in [0.25, 0.3) is 0 Å². The third-order valence-electron chi connectivity index (χ3n) is 3.63. The molecule has 2 aromatic rings. The van der Waals surface area contributed by atoms with Crippen LogP contribution < -0.4 is 10.2 Å². The zero-order valence-corrected chi connectivity index (χ0v) is 14.1. The van der Waals surface area contributed by atoms with E-state index < -0.39 is 0 Å².